The molecule has 2 rings (SSSR count). The molecule has 1 N–H and O–H groups in total. The van der Waals surface area contributed by atoms with Gasteiger partial charge in [-0.15, -0.1) is 0 Å². The number of methoxy groups -OCH3 is 1. The second-order valence-corrected chi connectivity index (χ2v) is 6.10. The third kappa shape index (κ3) is 3.97. The molecule has 0 atom stereocenters. The molecule has 0 aromatic heterocycles. The second kappa shape index (κ2) is 6.95. The Morgan fingerprint density at radius 2 is 2.00 bits per heavy atom. The highest BCUT2D eigenvalue weighted by Crippen LogP contribution is 2.40. The van der Waals surface area contributed by atoms with Gasteiger partial charge in [0.15, 0.2) is 0 Å². The van der Waals surface area contributed by atoms with Crippen LogP contribution >= 0.6 is 0 Å². The average molecular weight is 261 g/mol. The van der Waals surface area contributed by atoms with Gasteiger partial charge in [-0.25, -0.2) is 0 Å². The molecular formula is C17H27NO. The quantitative estimate of drug-likeness (QED) is 0.750. The molecule has 1 aromatic rings. The number of rotatable bonds is 7. The SMILES string of the molecule is COc1ccccc1C1CC(NCCCC(C)C)C1. The van der Waals surface area contributed by atoms with E-state index in [1.165, 1.54) is 37.8 Å². The zero-order valence-corrected chi connectivity index (χ0v) is 12.5. The van der Waals surface area contributed by atoms with E-state index in [0.717, 1.165) is 11.7 Å². The lowest BCUT2D eigenvalue weighted by Gasteiger charge is -2.37. The summed E-state index contributed by atoms with van der Waals surface area (Å²) < 4.78 is 5.44. The van der Waals surface area contributed by atoms with Crippen LogP contribution in [0.5, 0.6) is 5.75 Å². The van der Waals surface area contributed by atoms with Crippen molar-refractivity contribution in [2.45, 2.75) is 51.5 Å². The fourth-order valence-electron chi connectivity index (χ4n) is 2.86. The van der Waals surface area contributed by atoms with Crippen molar-refractivity contribution in [1.82, 2.24) is 5.32 Å². The lowest BCUT2D eigenvalue weighted by Crippen LogP contribution is -2.40. The molecule has 0 bridgehead atoms. The molecule has 1 fully saturated rings. The van der Waals surface area contributed by atoms with Gasteiger partial charge in [-0.05, 0) is 55.7 Å². The Labute approximate surface area is 117 Å². The summed E-state index contributed by atoms with van der Waals surface area (Å²) in [6.07, 6.45) is 5.13. The molecule has 0 amide bonds. The Hall–Kier alpha value is -1.02. The molecule has 0 aliphatic heterocycles. The largest absolute Gasteiger partial charge is 0.496 e. The van der Waals surface area contributed by atoms with Gasteiger partial charge in [0.1, 0.15) is 5.75 Å². The van der Waals surface area contributed by atoms with Crippen LogP contribution in [0.2, 0.25) is 0 Å². The van der Waals surface area contributed by atoms with Gasteiger partial charge in [-0.3, -0.25) is 0 Å². The summed E-state index contributed by atoms with van der Waals surface area (Å²) in [6.45, 7) is 5.75. The number of para-hydroxylation sites is 1. The van der Waals surface area contributed by atoms with Crippen molar-refractivity contribution < 1.29 is 4.74 Å². The molecule has 1 aliphatic rings. The zero-order chi connectivity index (χ0) is 13.7. The molecule has 1 aliphatic carbocycles. The minimum atomic E-state index is 0.679. The summed E-state index contributed by atoms with van der Waals surface area (Å²) in [4.78, 5) is 0. The van der Waals surface area contributed by atoms with E-state index in [4.69, 9.17) is 4.74 Å². The van der Waals surface area contributed by atoms with Gasteiger partial charge in [0.25, 0.3) is 0 Å². The van der Waals surface area contributed by atoms with Crippen molar-refractivity contribution in [3.8, 4) is 5.75 Å². The van der Waals surface area contributed by atoms with Crippen molar-refractivity contribution in [1.29, 1.82) is 0 Å². The van der Waals surface area contributed by atoms with Gasteiger partial charge in [-0.2, -0.15) is 0 Å². The molecule has 0 heterocycles. The van der Waals surface area contributed by atoms with Gasteiger partial charge >= 0.3 is 0 Å². The number of ether oxygens (including phenoxy) is 1. The first-order valence-electron chi connectivity index (χ1n) is 7.57. The fraction of sp³-hybridized carbons (Fsp3) is 0.647. The molecule has 0 saturated heterocycles. The number of nitrogens with one attached hydrogen (secondary N) is 1. The van der Waals surface area contributed by atoms with Gasteiger partial charge in [0, 0.05) is 6.04 Å². The third-order valence-corrected chi connectivity index (χ3v) is 4.11. The first kappa shape index (κ1) is 14.4. The highest BCUT2D eigenvalue weighted by Gasteiger charge is 2.31. The van der Waals surface area contributed by atoms with E-state index in [2.05, 4.69) is 37.4 Å². The number of benzene rings is 1. The van der Waals surface area contributed by atoms with Crippen LogP contribution in [-0.4, -0.2) is 19.7 Å². The summed E-state index contributed by atoms with van der Waals surface area (Å²) in [5, 5.41) is 3.67. The molecule has 0 radical (unpaired) electrons. The van der Waals surface area contributed by atoms with Crippen LogP contribution in [0.25, 0.3) is 0 Å². The second-order valence-electron chi connectivity index (χ2n) is 6.10. The van der Waals surface area contributed by atoms with Crippen LogP contribution in [0.15, 0.2) is 24.3 Å². The molecular weight excluding hydrogens is 234 g/mol. The highest BCUT2D eigenvalue weighted by molar-refractivity contribution is 5.37. The summed E-state index contributed by atoms with van der Waals surface area (Å²) in [5.41, 5.74) is 1.38. The Morgan fingerprint density at radius 3 is 2.68 bits per heavy atom. The first-order chi connectivity index (χ1) is 9.20. The van der Waals surface area contributed by atoms with Gasteiger partial charge in [0.2, 0.25) is 0 Å². The number of hydrogen-bond donors (Lipinski definition) is 1. The average Bonchev–Trinajstić information content (AvgIpc) is 2.36. The minimum Gasteiger partial charge on any atom is -0.496 e. The van der Waals surface area contributed by atoms with E-state index in [9.17, 15) is 0 Å². The Kier molecular flexibility index (Phi) is 5.26. The Morgan fingerprint density at radius 1 is 1.26 bits per heavy atom. The lowest BCUT2D eigenvalue weighted by atomic mass is 9.75. The van der Waals surface area contributed by atoms with E-state index in [1.54, 1.807) is 7.11 Å². The maximum Gasteiger partial charge on any atom is 0.122 e. The van der Waals surface area contributed by atoms with Crippen LogP contribution < -0.4 is 10.1 Å². The van der Waals surface area contributed by atoms with Gasteiger partial charge < -0.3 is 10.1 Å². The van der Waals surface area contributed by atoms with E-state index in [-0.39, 0.29) is 0 Å². The van der Waals surface area contributed by atoms with Crippen molar-refractivity contribution in [2.75, 3.05) is 13.7 Å². The maximum atomic E-state index is 5.44. The van der Waals surface area contributed by atoms with Crippen molar-refractivity contribution >= 4 is 0 Å². The van der Waals surface area contributed by atoms with Crippen molar-refractivity contribution in [2.24, 2.45) is 5.92 Å². The standard InChI is InChI=1S/C17H27NO/c1-13(2)7-6-10-18-15-11-14(12-15)16-8-4-5-9-17(16)19-3/h4-5,8-9,13-15,18H,6-7,10-12H2,1-3H3. The normalized spacial score (nSPS) is 22.3. The van der Waals surface area contributed by atoms with Crippen LogP contribution in [-0.2, 0) is 0 Å². The summed E-state index contributed by atoms with van der Waals surface area (Å²) >= 11 is 0. The Bertz CT molecular complexity index is 383. The predicted octanol–water partition coefficient (Wildman–Crippen LogP) is 3.97. The topological polar surface area (TPSA) is 21.3 Å². The smallest absolute Gasteiger partial charge is 0.122 e. The predicted molar refractivity (Wildman–Crippen MR) is 80.8 cm³/mol. The van der Waals surface area contributed by atoms with Crippen LogP contribution in [0.1, 0.15) is 51.0 Å². The molecule has 106 valence electrons. The fourth-order valence-corrected chi connectivity index (χ4v) is 2.86. The molecule has 2 nitrogen and oxygen atoms in total. The summed E-state index contributed by atoms with van der Waals surface area (Å²) in [5.74, 6) is 2.55. The molecule has 1 saturated carbocycles. The maximum absolute atomic E-state index is 5.44. The van der Waals surface area contributed by atoms with Gasteiger partial charge in [0.05, 0.1) is 7.11 Å². The molecule has 19 heavy (non-hydrogen) atoms. The number of hydrogen-bond acceptors (Lipinski definition) is 2. The monoisotopic (exact) mass is 261 g/mol. The van der Waals surface area contributed by atoms with Gasteiger partial charge in [-0.1, -0.05) is 32.0 Å². The van der Waals surface area contributed by atoms with Crippen molar-refractivity contribution in [3.63, 3.8) is 0 Å². The summed E-state index contributed by atoms with van der Waals surface area (Å²) in [7, 11) is 1.76. The molecule has 1 aromatic carbocycles. The molecule has 2 heteroatoms. The molecule has 0 spiro atoms. The van der Waals surface area contributed by atoms with E-state index in [1.807, 2.05) is 6.07 Å². The zero-order valence-electron chi connectivity index (χ0n) is 12.5. The van der Waals surface area contributed by atoms with Crippen molar-refractivity contribution in [3.05, 3.63) is 29.8 Å². The van der Waals surface area contributed by atoms with Crippen LogP contribution in [0, 0.1) is 5.92 Å². The Balaban J connectivity index is 1.71. The van der Waals surface area contributed by atoms with E-state index in [0.29, 0.717) is 12.0 Å². The molecule has 0 unspecified atom stereocenters. The van der Waals surface area contributed by atoms with Crippen LogP contribution in [0.4, 0.5) is 0 Å². The van der Waals surface area contributed by atoms with Crippen LogP contribution in [0.3, 0.4) is 0 Å². The first-order valence-corrected chi connectivity index (χ1v) is 7.57. The summed E-state index contributed by atoms with van der Waals surface area (Å²) in [6, 6.07) is 9.14. The van der Waals surface area contributed by atoms with E-state index < -0.39 is 0 Å². The highest BCUT2D eigenvalue weighted by atomic mass is 16.5. The van der Waals surface area contributed by atoms with E-state index >= 15 is 0 Å². The lowest BCUT2D eigenvalue weighted by molar-refractivity contribution is 0.281. The third-order valence-electron chi connectivity index (χ3n) is 4.11. The minimum absolute atomic E-state index is 0.679.